The molecule has 0 saturated carbocycles. The lowest BCUT2D eigenvalue weighted by Crippen LogP contribution is -2.08. The van der Waals surface area contributed by atoms with E-state index >= 15 is 0 Å². The van der Waals surface area contributed by atoms with Crippen LogP contribution in [0.3, 0.4) is 0 Å². The Labute approximate surface area is 343 Å². The number of nitrogens with zero attached hydrogens (tertiary/aromatic N) is 4. The van der Waals surface area contributed by atoms with Gasteiger partial charge in [-0.1, -0.05) is 84.9 Å². The van der Waals surface area contributed by atoms with E-state index in [0.717, 1.165) is 11.1 Å². The number of benzene rings is 6. The zero-order valence-electron chi connectivity index (χ0n) is 32.8. The second kappa shape index (κ2) is 16.4. The number of carbonyl (C=O) groups is 4. The Kier molecular flexibility index (Phi) is 10.6. The minimum atomic E-state index is -0.559. The van der Waals surface area contributed by atoms with Gasteiger partial charge in [-0.15, -0.1) is 0 Å². The van der Waals surface area contributed by atoms with Crippen LogP contribution in [0.15, 0.2) is 133 Å². The fraction of sp³-hybridized carbons (Fsp3) is 0.0833. The molecular formula is C48H34N4O8. The maximum atomic E-state index is 13.0. The van der Waals surface area contributed by atoms with Gasteiger partial charge < -0.3 is 18.9 Å². The molecule has 2 heterocycles. The third-order valence-corrected chi connectivity index (χ3v) is 10.0. The molecule has 0 atom stereocenters. The van der Waals surface area contributed by atoms with Crippen LogP contribution in [0.1, 0.15) is 41.4 Å². The van der Waals surface area contributed by atoms with Gasteiger partial charge in [-0.05, 0) is 59.7 Å². The van der Waals surface area contributed by atoms with Crippen molar-refractivity contribution < 1.29 is 38.1 Å². The summed E-state index contributed by atoms with van der Waals surface area (Å²) < 4.78 is 20.4. The van der Waals surface area contributed by atoms with Crippen molar-refractivity contribution in [2.24, 2.45) is 0 Å². The number of hydrogen-bond acceptors (Lipinski definition) is 12. The number of rotatable bonds is 9. The maximum absolute atomic E-state index is 13.0. The molecule has 2 aromatic heterocycles. The van der Waals surface area contributed by atoms with E-state index in [1.54, 1.807) is 97.1 Å². The molecule has 0 spiro atoms. The number of fused-ring (bicyclic) bond motifs is 2. The first-order valence-corrected chi connectivity index (χ1v) is 18.6. The number of esters is 4. The predicted octanol–water partition coefficient (Wildman–Crippen LogP) is 9.05. The summed E-state index contributed by atoms with van der Waals surface area (Å²) in [6.45, 7) is 0. The second-order valence-corrected chi connectivity index (χ2v) is 13.4. The van der Waals surface area contributed by atoms with Crippen LogP contribution >= 0.6 is 0 Å². The molecule has 294 valence electrons. The van der Waals surface area contributed by atoms with Gasteiger partial charge in [-0.3, -0.25) is 0 Å². The van der Waals surface area contributed by atoms with E-state index in [4.69, 9.17) is 38.9 Å². The zero-order chi connectivity index (χ0) is 41.9. The van der Waals surface area contributed by atoms with Crippen LogP contribution in [-0.4, -0.2) is 72.3 Å². The van der Waals surface area contributed by atoms with Crippen molar-refractivity contribution in [1.82, 2.24) is 19.9 Å². The number of methoxy groups -OCH3 is 4. The normalized spacial score (nSPS) is 10.9. The molecule has 6 aromatic carbocycles. The summed E-state index contributed by atoms with van der Waals surface area (Å²) in [6.07, 6.45) is 0. The number of aromatic nitrogens is 4. The summed E-state index contributed by atoms with van der Waals surface area (Å²) in [6, 6.07) is 38.9. The average Bonchev–Trinajstić information content (AvgIpc) is 3.31. The lowest BCUT2D eigenvalue weighted by atomic mass is 9.96. The van der Waals surface area contributed by atoms with Gasteiger partial charge in [-0.2, -0.15) is 0 Å². The fourth-order valence-corrected chi connectivity index (χ4v) is 7.13. The minimum absolute atomic E-state index is 0.271. The molecule has 0 aliphatic carbocycles. The quantitative estimate of drug-likeness (QED) is 0.101. The van der Waals surface area contributed by atoms with E-state index in [2.05, 4.69) is 0 Å². The third-order valence-electron chi connectivity index (χ3n) is 10.0. The van der Waals surface area contributed by atoms with Gasteiger partial charge in [0.05, 0.1) is 95.5 Å². The summed E-state index contributed by atoms with van der Waals surface area (Å²) >= 11 is 0. The highest BCUT2D eigenvalue weighted by atomic mass is 16.5. The fourth-order valence-electron chi connectivity index (χ4n) is 7.13. The standard InChI is InChI=1S/C48H34N4O8/c1-57-45(53)33-17-9-5-13-29(33)41-43(31-15-7-11-19-35(31)47(55)59-3)51-39-25-27(21-23-37(39)49-41)28-22-24-38-40(26-28)52-44(32-16-8-12-20-36(32)48(56)60-4)42(50-38)30-14-6-10-18-34(30)46(54)58-2/h5-26H,1-4H3. The molecular weight excluding hydrogens is 761 g/mol. The monoisotopic (exact) mass is 794 g/mol. The van der Waals surface area contributed by atoms with Gasteiger partial charge in [0, 0.05) is 22.3 Å². The molecule has 0 fully saturated rings. The summed E-state index contributed by atoms with van der Waals surface area (Å²) in [5.74, 6) is -2.22. The maximum Gasteiger partial charge on any atom is 0.338 e. The Morgan fingerprint density at radius 1 is 0.333 bits per heavy atom. The topological polar surface area (TPSA) is 157 Å². The number of ether oxygens (including phenoxy) is 4. The molecule has 60 heavy (non-hydrogen) atoms. The molecule has 0 N–H and O–H groups in total. The third kappa shape index (κ3) is 7.06. The molecule has 12 nitrogen and oxygen atoms in total. The van der Waals surface area contributed by atoms with E-state index < -0.39 is 23.9 Å². The smallest absolute Gasteiger partial charge is 0.338 e. The predicted molar refractivity (Wildman–Crippen MR) is 225 cm³/mol. The van der Waals surface area contributed by atoms with E-state index in [-0.39, 0.29) is 22.3 Å². The van der Waals surface area contributed by atoms with E-state index in [0.29, 0.717) is 67.1 Å². The largest absolute Gasteiger partial charge is 0.465 e. The first kappa shape index (κ1) is 38.7. The molecule has 8 rings (SSSR count). The van der Waals surface area contributed by atoms with E-state index in [1.807, 2.05) is 36.4 Å². The van der Waals surface area contributed by atoms with Gasteiger partial charge in [0.15, 0.2) is 0 Å². The van der Waals surface area contributed by atoms with Crippen LogP contribution in [0.2, 0.25) is 0 Å². The van der Waals surface area contributed by atoms with Crippen molar-refractivity contribution >= 4 is 45.9 Å². The highest BCUT2D eigenvalue weighted by Crippen LogP contribution is 2.38. The Bertz CT molecular complexity index is 2830. The van der Waals surface area contributed by atoms with Crippen molar-refractivity contribution in [2.45, 2.75) is 0 Å². The van der Waals surface area contributed by atoms with Crippen LogP contribution in [0.5, 0.6) is 0 Å². The van der Waals surface area contributed by atoms with Gasteiger partial charge in [0.25, 0.3) is 0 Å². The van der Waals surface area contributed by atoms with Crippen molar-refractivity contribution in [3.05, 3.63) is 156 Å². The van der Waals surface area contributed by atoms with Crippen molar-refractivity contribution in [3.8, 4) is 56.2 Å². The highest BCUT2D eigenvalue weighted by Gasteiger charge is 2.25. The van der Waals surface area contributed by atoms with Crippen LogP contribution in [0.25, 0.3) is 78.2 Å². The van der Waals surface area contributed by atoms with Crippen molar-refractivity contribution in [3.63, 3.8) is 0 Å². The SMILES string of the molecule is COC(=O)c1ccccc1-c1nc2ccc(-c3ccc4nc(-c5ccccc5C(=O)OC)c(-c5ccccc5C(=O)OC)nc4c3)cc2nc1-c1ccccc1C(=O)OC. The Balaban J connectivity index is 1.33. The zero-order valence-corrected chi connectivity index (χ0v) is 32.8. The Hall–Kier alpha value is -8.12. The lowest BCUT2D eigenvalue weighted by Gasteiger charge is -2.16. The van der Waals surface area contributed by atoms with Gasteiger partial charge in [0.2, 0.25) is 0 Å². The molecule has 0 unspecified atom stereocenters. The molecule has 0 aliphatic rings. The molecule has 0 bridgehead atoms. The van der Waals surface area contributed by atoms with Crippen LogP contribution in [-0.2, 0) is 18.9 Å². The first-order chi connectivity index (χ1) is 29.2. The molecule has 0 saturated heterocycles. The minimum Gasteiger partial charge on any atom is -0.465 e. The summed E-state index contributed by atoms with van der Waals surface area (Å²) in [4.78, 5) is 72.2. The lowest BCUT2D eigenvalue weighted by molar-refractivity contribution is 0.0592. The summed E-state index contributed by atoms with van der Waals surface area (Å²) in [5, 5.41) is 0. The van der Waals surface area contributed by atoms with Crippen LogP contribution in [0, 0.1) is 0 Å². The molecule has 12 heteroatoms. The molecule has 8 aromatic rings. The van der Waals surface area contributed by atoms with Gasteiger partial charge in [0.1, 0.15) is 0 Å². The molecule has 0 aliphatic heterocycles. The van der Waals surface area contributed by atoms with Crippen LogP contribution < -0.4 is 0 Å². The van der Waals surface area contributed by atoms with E-state index in [9.17, 15) is 19.2 Å². The molecule has 0 radical (unpaired) electrons. The van der Waals surface area contributed by atoms with Gasteiger partial charge in [-0.25, -0.2) is 39.1 Å². The van der Waals surface area contributed by atoms with Crippen molar-refractivity contribution in [2.75, 3.05) is 28.4 Å². The van der Waals surface area contributed by atoms with Crippen LogP contribution in [0.4, 0.5) is 0 Å². The second-order valence-electron chi connectivity index (χ2n) is 13.4. The Morgan fingerprint density at radius 3 is 0.850 bits per heavy atom. The summed E-state index contributed by atoms with van der Waals surface area (Å²) in [7, 11) is 5.23. The number of hydrogen-bond donors (Lipinski definition) is 0. The van der Waals surface area contributed by atoms with Crippen molar-refractivity contribution in [1.29, 1.82) is 0 Å². The van der Waals surface area contributed by atoms with E-state index in [1.165, 1.54) is 28.4 Å². The average molecular weight is 795 g/mol. The Morgan fingerprint density at radius 2 is 0.583 bits per heavy atom. The highest BCUT2D eigenvalue weighted by molar-refractivity contribution is 6.05. The number of carbonyl (C=O) groups excluding carboxylic acids is 4. The van der Waals surface area contributed by atoms with Gasteiger partial charge >= 0.3 is 23.9 Å². The first-order valence-electron chi connectivity index (χ1n) is 18.6. The molecule has 0 amide bonds. The summed E-state index contributed by atoms with van der Waals surface area (Å²) in [5.41, 5.74) is 8.06.